The molecule has 0 aromatic heterocycles. The number of primary amides is 1. The highest BCUT2D eigenvalue weighted by Crippen LogP contribution is 2.27. The van der Waals surface area contributed by atoms with E-state index in [2.05, 4.69) is 19.2 Å². The highest BCUT2D eigenvalue weighted by Gasteiger charge is 2.31. The predicted octanol–water partition coefficient (Wildman–Crippen LogP) is 2.47. The quantitative estimate of drug-likeness (QED) is 0.679. The van der Waals surface area contributed by atoms with Crippen molar-refractivity contribution < 1.29 is 22.7 Å². The Bertz CT molecular complexity index is 1040. The molecule has 1 saturated heterocycles. The largest absolute Gasteiger partial charge is 0.484 e. The minimum Gasteiger partial charge on any atom is -0.484 e. The molecule has 166 valence electrons. The minimum atomic E-state index is -3.57. The molecule has 0 saturated carbocycles. The average Bonchev–Trinajstić information content (AvgIpc) is 2.72. The zero-order chi connectivity index (χ0) is 22.6. The SMILES string of the molecule is CC1CC(C)CN(S(=O)(=O)c2ccc(NC(=O)COc3cccc(C(N)=O)c3)cc2)C1. The van der Waals surface area contributed by atoms with Gasteiger partial charge < -0.3 is 15.8 Å². The Kier molecular flexibility index (Phi) is 6.97. The molecule has 31 heavy (non-hydrogen) atoms. The Labute approximate surface area is 182 Å². The van der Waals surface area contributed by atoms with Crippen molar-refractivity contribution in [2.45, 2.75) is 25.2 Å². The van der Waals surface area contributed by atoms with Crippen molar-refractivity contribution in [3.63, 3.8) is 0 Å². The highest BCUT2D eigenvalue weighted by molar-refractivity contribution is 7.89. The summed E-state index contributed by atoms with van der Waals surface area (Å²) >= 11 is 0. The summed E-state index contributed by atoms with van der Waals surface area (Å²) in [6, 6.07) is 12.3. The van der Waals surface area contributed by atoms with Crippen LogP contribution in [0.1, 0.15) is 30.6 Å². The van der Waals surface area contributed by atoms with Gasteiger partial charge in [0, 0.05) is 24.3 Å². The number of amides is 2. The molecule has 0 aliphatic carbocycles. The van der Waals surface area contributed by atoms with E-state index in [4.69, 9.17) is 10.5 Å². The molecule has 2 atom stereocenters. The fourth-order valence-electron chi connectivity index (χ4n) is 3.75. The smallest absolute Gasteiger partial charge is 0.262 e. The zero-order valence-corrected chi connectivity index (χ0v) is 18.4. The Morgan fingerprint density at radius 2 is 1.74 bits per heavy atom. The third-order valence-corrected chi connectivity index (χ3v) is 6.95. The number of rotatable bonds is 7. The molecule has 9 heteroatoms. The van der Waals surface area contributed by atoms with Gasteiger partial charge in [0.1, 0.15) is 5.75 Å². The Balaban J connectivity index is 1.59. The van der Waals surface area contributed by atoms with Crippen LogP contribution in [0.3, 0.4) is 0 Å². The standard InChI is InChI=1S/C22H27N3O5S/c1-15-10-16(2)13-25(12-15)31(28,29)20-8-6-18(7-9-20)24-21(26)14-30-19-5-3-4-17(11-19)22(23)27/h3-9,11,15-16H,10,12-14H2,1-2H3,(H2,23,27)(H,24,26). The van der Waals surface area contributed by atoms with E-state index >= 15 is 0 Å². The molecule has 0 bridgehead atoms. The van der Waals surface area contributed by atoms with E-state index in [1.54, 1.807) is 30.3 Å². The monoisotopic (exact) mass is 445 g/mol. The number of carbonyl (C=O) groups is 2. The van der Waals surface area contributed by atoms with E-state index in [0.717, 1.165) is 6.42 Å². The lowest BCUT2D eigenvalue weighted by Gasteiger charge is -2.34. The number of nitrogens with one attached hydrogen (secondary N) is 1. The first-order valence-electron chi connectivity index (χ1n) is 10.1. The van der Waals surface area contributed by atoms with Crippen molar-refractivity contribution in [1.82, 2.24) is 4.31 Å². The van der Waals surface area contributed by atoms with Crippen LogP contribution in [0.2, 0.25) is 0 Å². The highest BCUT2D eigenvalue weighted by atomic mass is 32.2. The van der Waals surface area contributed by atoms with E-state index in [1.165, 1.54) is 22.5 Å². The molecule has 2 aromatic carbocycles. The van der Waals surface area contributed by atoms with E-state index in [9.17, 15) is 18.0 Å². The first-order chi connectivity index (χ1) is 14.6. The maximum absolute atomic E-state index is 12.9. The molecule has 3 N–H and O–H groups in total. The molecule has 1 aliphatic heterocycles. The number of nitrogens with zero attached hydrogens (tertiary/aromatic N) is 1. The van der Waals surface area contributed by atoms with Crippen molar-refractivity contribution in [1.29, 1.82) is 0 Å². The molecular weight excluding hydrogens is 418 g/mol. The maximum atomic E-state index is 12.9. The molecule has 1 heterocycles. The van der Waals surface area contributed by atoms with Crippen LogP contribution in [-0.2, 0) is 14.8 Å². The van der Waals surface area contributed by atoms with Crippen molar-refractivity contribution in [3.8, 4) is 5.75 Å². The van der Waals surface area contributed by atoms with Gasteiger partial charge in [0.05, 0.1) is 4.90 Å². The number of sulfonamides is 1. The molecule has 3 rings (SSSR count). The van der Waals surface area contributed by atoms with Gasteiger partial charge in [0.15, 0.2) is 6.61 Å². The van der Waals surface area contributed by atoms with Crippen LogP contribution in [0.4, 0.5) is 5.69 Å². The van der Waals surface area contributed by atoms with Gasteiger partial charge in [-0.15, -0.1) is 0 Å². The summed E-state index contributed by atoms with van der Waals surface area (Å²) in [4.78, 5) is 23.6. The number of carbonyl (C=O) groups excluding carboxylic acids is 2. The molecule has 1 aliphatic rings. The fraction of sp³-hybridized carbons (Fsp3) is 0.364. The molecule has 0 radical (unpaired) electrons. The van der Waals surface area contributed by atoms with Crippen molar-refractivity contribution in [3.05, 3.63) is 54.1 Å². The zero-order valence-electron chi connectivity index (χ0n) is 17.6. The lowest BCUT2D eigenvalue weighted by atomic mass is 9.94. The summed E-state index contributed by atoms with van der Waals surface area (Å²) in [5.41, 5.74) is 5.97. The van der Waals surface area contributed by atoms with Crippen LogP contribution in [0, 0.1) is 11.8 Å². The number of benzene rings is 2. The third kappa shape index (κ3) is 5.83. The van der Waals surface area contributed by atoms with Gasteiger partial charge in [0.2, 0.25) is 15.9 Å². The second-order valence-corrected chi connectivity index (χ2v) is 9.96. The van der Waals surface area contributed by atoms with Gasteiger partial charge in [-0.1, -0.05) is 19.9 Å². The number of hydrogen-bond donors (Lipinski definition) is 2. The molecular formula is C22H27N3O5S. The molecule has 2 aromatic rings. The topological polar surface area (TPSA) is 119 Å². The Hall–Kier alpha value is -2.91. The lowest BCUT2D eigenvalue weighted by Crippen LogP contribution is -2.42. The Morgan fingerprint density at radius 3 is 2.35 bits per heavy atom. The molecule has 8 nitrogen and oxygen atoms in total. The van der Waals surface area contributed by atoms with Gasteiger partial charge in [-0.25, -0.2) is 8.42 Å². The first kappa shape index (κ1) is 22.8. The third-order valence-electron chi connectivity index (χ3n) is 5.10. The fourth-order valence-corrected chi connectivity index (χ4v) is 5.43. The summed E-state index contributed by atoms with van der Waals surface area (Å²) in [5, 5.41) is 2.66. The van der Waals surface area contributed by atoms with Crippen LogP contribution in [0.25, 0.3) is 0 Å². The second kappa shape index (κ2) is 9.49. The molecule has 0 spiro atoms. The number of ether oxygens (including phenoxy) is 1. The van der Waals surface area contributed by atoms with Gasteiger partial charge in [-0.3, -0.25) is 9.59 Å². The van der Waals surface area contributed by atoms with Crippen LogP contribution in [-0.4, -0.2) is 44.2 Å². The number of nitrogens with two attached hydrogens (primary N) is 1. The predicted molar refractivity (Wildman–Crippen MR) is 117 cm³/mol. The summed E-state index contributed by atoms with van der Waals surface area (Å²) in [7, 11) is -3.57. The summed E-state index contributed by atoms with van der Waals surface area (Å²) < 4.78 is 32.8. The van der Waals surface area contributed by atoms with Gasteiger partial charge >= 0.3 is 0 Å². The first-order valence-corrected chi connectivity index (χ1v) is 11.5. The Morgan fingerprint density at radius 1 is 1.10 bits per heavy atom. The van der Waals surface area contributed by atoms with Crippen LogP contribution < -0.4 is 15.8 Å². The maximum Gasteiger partial charge on any atom is 0.262 e. The van der Waals surface area contributed by atoms with E-state index in [1.807, 2.05) is 0 Å². The number of hydrogen-bond acceptors (Lipinski definition) is 5. The normalized spacial score (nSPS) is 19.5. The summed E-state index contributed by atoms with van der Waals surface area (Å²) in [6.07, 6.45) is 1.02. The van der Waals surface area contributed by atoms with Crippen LogP contribution >= 0.6 is 0 Å². The van der Waals surface area contributed by atoms with E-state index < -0.39 is 21.8 Å². The number of piperidine rings is 1. The second-order valence-electron chi connectivity index (χ2n) is 8.02. The minimum absolute atomic E-state index is 0.200. The van der Waals surface area contributed by atoms with Crippen molar-refractivity contribution in [2.75, 3.05) is 25.0 Å². The van der Waals surface area contributed by atoms with Gasteiger partial charge in [-0.05, 0) is 60.7 Å². The van der Waals surface area contributed by atoms with Crippen molar-refractivity contribution >= 4 is 27.5 Å². The molecule has 1 fully saturated rings. The lowest BCUT2D eigenvalue weighted by molar-refractivity contribution is -0.118. The molecule has 2 unspecified atom stereocenters. The van der Waals surface area contributed by atoms with E-state index in [-0.39, 0.29) is 17.1 Å². The van der Waals surface area contributed by atoms with Gasteiger partial charge in [0.25, 0.3) is 5.91 Å². The van der Waals surface area contributed by atoms with Crippen LogP contribution in [0.5, 0.6) is 5.75 Å². The van der Waals surface area contributed by atoms with Crippen molar-refractivity contribution in [2.24, 2.45) is 17.6 Å². The van der Waals surface area contributed by atoms with Gasteiger partial charge in [-0.2, -0.15) is 4.31 Å². The van der Waals surface area contributed by atoms with Crippen LogP contribution in [0.15, 0.2) is 53.4 Å². The summed E-state index contributed by atoms with van der Waals surface area (Å²) in [6.45, 7) is 4.87. The summed E-state index contributed by atoms with van der Waals surface area (Å²) in [5.74, 6) is -0.0171. The molecule has 2 amide bonds. The number of anilines is 1. The average molecular weight is 446 g/mol. The van der Waals surface area contributed by atoms with E-state index in [0.29, 0.717) is 36.4 Å².